The Morgan fingerprint density at radius 3 is 2.64 bits per heavy atom. The predicted octanol–water partition coefficient (Wildman–Crippen LogP) is 3.79. The molecule has 2 amide bonds. The lowest BCUT2D eigenvalue weighted by atomic mass is 10.1. The summed E-state index contributed by atoms with van der Waals surface area (Å²) in [6.07, 6.45) is 18.3. The molecule has 1 aromatic carbocycles. The number of methoxy groups -OCH3 is 2. The molecule has 3 heterocycles. The number of rotatable bonds is 8. The molecule has 2 aliphatic carbocycles. The molecule has 1 unspecified atom stereocenters. The number of esters is 2. The van der Waals surface area contributed by atoms with Gasteiger partial charge < -0.3 is 29.2 Å². The van der Waals surface area contributed by atoms with E-state index in [0.29, 0.717) is 35.1 Å². The average molecular weight is 687 g/mol. The van der Waals surface area contributed by atoms with Crippen molar-refractivity contribution in [1.29, 1.82) is 0 Å². The van der Waals surface area contributed by atoms with Crippen molar-refractivity contribution in [3.05, 3.63) is 47.7 Å². The number of benzene rings is 1. The molecule has 50 heavy (non-hydrogen) atoms. The molecule has 266 valence electrons. The van der Waals surface area contributed by atoms with Crippen LogP contribution >= 0.6 is 0 Å². The molecule has 6 rings (SSSR count). The van der Waals surface area contributed by atoms with Gasteiger partial charge in [0.1, 0.15) is 23.4 Å². The third kappa shape index (κ3) is 7.49. The molecule has 0 spiro atoms. The average Bonchev–Trinajstić information content (AvgIpc) is 3.41. The molecule has 1 saturated heterocycles. The number of amides is 2. The topological polar surface area (TPSA) is 145 Å². The van der Waals surface area contributed by atoms with Crippen LogP contribution in [0.3, 0.4) is 0 Å². The zero-order valence-electron chi connectivity index (χ0n) is 28.8. The molecular formula is C38H46N4O8. The Balaban J connectivity index is 1.31. The number of allylic oxidation sites excluding steroid dienone is 1. The Bertz CT molecular complexity index is 1680. The number of fused-ring (bicyclic) bond motifs is 3. The highest BCUT2D eigenvalue weighted by atomic mass is 16.5. The van der Waals surface area contributed by atoms with Crippen LogP contribution in [0.5, 0.6) is 5.75 Å². The van der Waals surface area contributed by atoms with E-state index in [1.54, 1.807) is 23.1 Å². The van der Waals surface area contributed by atoms with E-state index in [0.717, 1.165) is 51.4 Å². The lowest BCUT2D eigenvalue weighted by Crippen LogP contribution is -2.56. The molecular weight excluding hydrogens is 640 g/mol. The summed E-state index contributed by atoms with van der Waals surface area (Å²) in [6, 6.07) is 5.26. The summed E-state index contributed by atoms with van der Waals surface area (Å²) in [6.45, 7) is 0.331. The van der Waals surface area contributed by atoms with Crippen molar-refractivity contribution in [2.24, 2.45) is 5.92 Å². The zero-order valence-corrected chi connectivity index (χ0v) is 28.8. The number of nitrogens with one attached hydrogen (secondary N) is 2. The van der Waals surface area contributed by atoms with E-state index in [4.69, 9.17) is 25.4 Å². The number of carbonyl (C=O) groups is 4. The molecule has 5 atom stereocenters. The quantitative estimate of drug-likeness (QED) is 0.182. The highest BCUT2D eigenvalue weighted by Crippen LogP contribution is 2.46. The first-order valence-corrected chi connectivity index (χ1v) is 17.7. The van der Waals surface area contributed by atoms with Gasteiger partial charge in [-0.2, -0.15) is 0 Å². The van der Waals surface area contributed by atoms with Crippen molar-refractivity contribution in [2.45, 2.75) is 100 Å². The first-order chi connectivity index (χ1) is 24.3. The van der Waals surface area contributed by atoms with Gasteiger partial charge in [-0.15, -0.1) is 6.42 Å². The minimum Gasteiger partial charge on any atom is -0.488 e. The number of aromatic nitrogens is 1. The molecule has 2 saturated carbocycles. The second-order valence-electron chi connectivity index (χ2n) is 13.6. The lowest BCUT2D eigenvalue weighted by molar-refractivity contribution is -0.148. The Kier molecular flexibility index (Phi) is 11.0. The molecule has 12 nitrogen and oxygen atoms in total. The van der Waals surface area contributed by atoms with Crippen LogP contribution in [0.1, 0.15) is 86.7 Å². The van der Waals surface area contributed by atoms with E-state index >= 15 is 0 Å². The van der Waals surface area contributed by atoms with Gasteiger partial charge in [0, 0.05) is 23.8 Å². The van der Waals surface area contributed by atoms with Gasteiger partial charge in [0.2, 0.25) is 11.8 Å². The fourth-order valence-electron chi connectivity index (χ4n) is 7.51. The second kappa shape index (κ2) is 15.6. The predicted molar refractivity (Wildman–Crippen MR) is 184 cm³/mol. The summed E-state index contributed by atoms with van der Waals surface area (Å²) in [5.41, 5.74) is -0.306. The molecule has 2 aromatic rings. The van der Waals surface area contributed by atoms with Gasteiger partial charge in [0.15, 0.2) is 5.69 Å². The SMILES string of the molecule is C#Cc1cccc2c(O[C@@H]3C[C@H]4C(=O)N[C@]5(C(=O)OC)CC5/C=C\CCCCC[C@H](NCOC5CCCC5)C(=O)N4C3)cc(C(=O)OC)nc12. The Morgan fingerprint density at radius 1 is 1.08 bits per heavy atom. The van der Waals surface area contributed by atoms with Gasteiger partial charge in [-0.3, -0.25) is 14.9 Å². The molecule has 0 radical (unpaired) electrons. The van der Waals surface area contributed by atoms with E-state index < -0.39 is 41.6 Å². The number of terminal acetylenes is 1. The Labute approximate surface area is 292 Å². The van der Waals surface area contributed by atoms with Crippen LogP contribution < -0.4 is 15.4 Å². The molecule has 12 heteroatoms. The second-order valence-corrected chi connectivity index (χ2v) is 13.6. The van der Waals surface area contributed by atoms with Gasteiger partial charge in [-0.05, 0) is 50.7 Å². The normalized spacial score (nSPS) is 28.0. The van der Waals surface area contributed by atoms with Crippen molar-refractivity contribution in [3.63, 3.8) is 0 Å². The number of para-hydroxylation sites is 1. The summed E-state index contributed by atoms with van der Waals surface area (Å²) < 4.78 is 22.7. The van der Waals surface area contributed by atoms with E-state index in [9.17, 15) is 19.2 Å². The highest BCUT2D eigenvalue weighted by molar-refractivity contribution is 5.97. The van der Waals surface area contributed by atoms with Crippen molar-refractivity contribution >= 4 is 34.7 Å². The smallest absolute Gasteiger partial charge is 0.356 e. The number of pyridine rings is 1. The minimum atomic E-state index is -1.19. The van der Waals surface area contributed by atoms with E-state index in [1.807, 2.05) is 6.08 Å². The first kappa shape index (κ1) is 35.4. The third-order valence-corrected chi connectivity index (χ3v) is 10.4. The maximum Gasteiger partial charge on any atom is 0.356 e. The van der Waals surface area contributed by atoms with Crippen molar-refractivity contribution in [2.75, 3.05) is 27.5 Å². The maximum atomic E-state index is 14.5. The first-order valence-electron chi connectivity index (χ1n) is 17.7. The van der Waals surface area contributed by atoms with Crippen molar-refractivity contribution in [1.82, 2.24) is 20.5 Å². The van der Waals surface area contributed by atoms with Gasteiger partial charge >= 0.3 is 11.9 Å². The van der Waals surface area contributed by atoms with Crippen LogP contribution in [0.4, 0.5) is 0 Å². The number of hydrogen-bond acceptors (Lipinski definition) is 10. The molecule has 2 aliphatic heterocycles. The summed E-state index contributed by atoms with van der Waals surface area (Å²) in [7, 11) is 2.57. The maximum absolute atomic E-state index is 14.5. The van der Waals surface area contributed by atoms with Gasteiger partial charge in [-0.25, -0.2) is 14.6 Å². The number of hydrogen-bond donors (Lipinski definition) is 2. The van der Waals surface area contributed by atoms with Gasteiger partial charge in [0.25, 0.3) is 0 Å². The number of ether oxygens (including phenoxy) is 4. The summed E-state index contributed by atoms with van der Waals surface area (Å²) in [4.78, 5) is 60.3. The van der Waals surface area contributed by atoms with Crippen molar-refractivity contribution in [3.8, 4) is 18.1 Å². The standard InChI is InChI=1S/C38H46N4O8/c1-4-24-13-12-17-28-32(20-30(36(45)47-2)40-33(24)28)50-27-19-31-34(43)41-38(37(46)48-3)21-25(38)14-8-6-5-7-9-18-29(35(44)42(31)22-27)39-23-49-26-15-10-11-16-26/h1,8,12-14,17,20,25-27,29,31,39H,5-7,9-11,15-16,18-19,21-23H2,2-3H3,(H,41,43)/b14-8-/t25?,27-,29+,31+,38-/m1/s1. The molecule has 2 N–H and O–H groups in total. The van der Waals surface area contributed by atoms with E-state index in [-0.39, 0.29) is 43.3 Å². The highest BCUT2D eigenvalue weighted by Gasteiger charge is 2.62. The van der Waals surface area contributed by atoms with Crippen LogP contribution in [0.2, 0.25) is 0 Å². The fourth-order valence-corrected chi connectivity index (χ4v) is 7.51. The van der Waals surface area contributed by atoms with E-state index in [2.05, 4.69) is 27.6 Å². The Hall–Kier alpha value is -4.47. The van der Waals surface area contributed by atoms with Crippen LogP contribution in [0, 0.1) is 18.3 Å². The minimum absolute atomic E-state index is 0.0127. The largest absolute Gasteiger partial charge is 0.488 e. The molecule has 3 fully saturated rings. The van der Waals surface area contributed by atoms with Gasteiger partial charge in [-0.1, -0.05) is 49.8 Å². The lowest BCUT2D eigenvalue weighted by Gasteiger charge is -2.30. The Morgan fingerprint density at radius 2 is 1.88 bits per heavy atom. The summed E-state index contributed by atoms with van der Waals surface area (Å²) >= 11 is 0. The number of carbonyl (C=O) groups excluding carboxylic acids is 4. The van der Waals surface area contributed by atoms with Crippen LogP contribution in [-0.2, 0) is 28.6 Å². The number of nitrogens with zero attached hydrogens (tertiary/aromatic N) is 2. The zero-order chi connectivity index (χ0) is 35.3. The monoisotopic (exact) mass is 686 g/mol. The third-order valence-electron chi connectivity index (χ3n) is 10.4. The van der Waals surface area contributed by atoms with Crippen molar-refractivity contribution < 1.29 is 38.1 Å². The van der Waals surface area contributed by atoms with Crippen LogP contribution in [0.15, 0.2) is 36.4 Å². The molecule has 4 aliphatic rings. The molecule has 0 bridgehead atoms. The summed E-state index contributed by atoms with van der Waals surface area (Å²) in [5, 5.41) is 6.91. The van der Waals surface area contributed by atoms with Crippen LogP contribution in [0.25, 0.3) is 10.9 Å². The van der Waals surface area contributed by atoms with E-state index in [1.165, 1.54) is 20.3 Å². The fraction of sp³-hybridized carbons (Fsp3) is 0.553. The van der Waals surface area contributed by atoms with Gasteiger partial charge in [0.05, 0.1) is 50.7 Å². The molecule has 1 aromatic heterocycles. The summed E-state index contributed by atoms with van der Waals surface area (Å²) in [5.74, 6) is 0.870. The van der Waals surface area contributed by atoms with Crippen LogP contribution in [-0.4, -0.2) is 91.0 Å².